The highest BCUT2D eigenvalue weighted by Gasteiger charge is 2.13. The minimum atomic E-state index is -0.472. The van der Waals surface area contributed by atoms with Crippen LogP contribution in [0, 0.1) is 0 Å². The van der Waals surface area contributed by atoms with Crippen LogP contribution in [0.3, 0.4) is 0 Å². The Kier molecular flexibility index (Phi) is 4.46. The third-order valence-corrected chi connectivity index (χ3v) is 3.99. The molecule has 1 amide bonds. The summed E-state index contributed by atoms with van der Waals surface area (Å²) in [6, 6.07) is 1.47. The van der Waals surface area contributed by atoms with Gasteiger partial charge in [0.2, 0.25) is 0 Å². The first-order valence-electron chi connectivity index (χ1n) is 7.78. The van der Waals surface area contributed by atoms with Gasteiger partial charge in [-0.1, -0.05) is 0 Å². The van der Waals surface area contributed by atoms with Crippen LogP contribution in [0.15, 0.2) is 40.6 Å². The minimum Gasteiger partial charge on any atom is -0.352 e. The highest BCUT2D eigenvalue weighted by Crippen LogP contribution is 2.07. The number of imidazole rings is 1. The number of fused-ring (bicyclic) bond motifs is 1. The number of hydrogen-bond donors (Lipinski definition) is 1. The fourth-order valence-electron chi connectivity index (χ4n) is 2.57. The molecular formula is C16H18N6O3. The lowest BCUT2D eigenvalue weighted by atomic mass is 10.2. The normalized spacial score (nSPS) is 11.0. The van der Waals surface area contributed by atoms with Crippen molar-refractivity contribution in [3.63, 3.8) is 0 Å². The second kappa shape index (κ2) is 6.71. The second-order valence-corrected chi connectivity index (χ2v) is 5.71. The summed E-state index contributed by atoms with van der Waals surface area (Å²) in [5, 5.41) is 3.03. The smallest absolute Gasteiger partial charge is 0.332 e. The number of pyridine rings is 1. The predicted octanol–water partition coefficient (Wildman–Crippen LogP) is -0.351. The summed E-state index contributed by atoms with van der Waals surface area (Å²) < 4.78 is 4.20. The fourth-order valence-corrected chi connectivity index (χ4v) is 2.57. The van der Waals surface area contributed by atoms with E-state index in [2.05, 4.69) is 15.3 Å². The molecule has 0 saturated carbocycles. The zero-order valence-electron chi connectivity index (χ0n) is 14.0. The van der Waals surface area contributed by atoms with E-state index in [-0.39, 0.29) is 22.5 Å². The number of amides is 1. The first kappa shape index (κ1) is 16.6. The average molecular weight is 342 g/mol. The maximum absolute atomic E-state index is 12.3. The van der Waals surface area contributed by atoms with Crippen LogP contribution in [-0.4, -0.2) is 36.1 Å². The van der Waals surface area contributed by atoms with Gasteiger partial charge in [-0.05, 0) is 12.5 Å². The van der Waals surface area contributed by atoms with E-state index < -0.39 is 11.2 Å². The van der Waals surface area contributed by atoms with E-state index in [1.807, 2.05) is 10.8 Å². The Bertz CT molecular complexity index is 1030. The predicted molar refractivity (Wildman–Crippen MR) is 91.4 cm³/mol. The van der Waals surface area contributed by atoms with Crippen molar-refractivity contribution in [3.05, 3.63) is 57.4 Å². The molecule has 0 aliphatic heterocycles. The average Bonchev–Trinajstić information content (AvgIpc) is 3.14. The summed E-state index contributed by atoms with van der Waals surface area (Å²) in [5.74, 6) is -0.309. The van der Waals surface area contributed by atoms with Crippen molar-refractivity contribution in [1.82, 2.24) is 29.0 Å². The van der Waals surface area contributed by atoms with Gasteiger partial charge in [0.05, 0.1) is 17.3 Å². The molecule has 3 heterocycles. The van der Waals surface area contributed by atoms with E-state index in [1.54, 1.807) is 12.5 Å². The van der Waals surface area contributed by atoms with Gasteiger partial charge < -0.3 is 9.88 Å². The SMILES string of the molecule is Cn1c(=O)c2cc(C(=O)NCCCn3ccnc3)cnc2n(C)c1=O. The largest absolute Gasteiger partial charge is 0.352 e. The van der Waals surface area contributed by atoms with Gasteiger partial charge in [0.25, 0.3) is 11.5 Å². The Morgan fingerprint density at radius 1 is 1.24 bits per heavy atom. The Hall–Kier alpha value is -3.23. The van der Waals surface area contributed by atoms with E-state index in [0.717, 1.165) is 17.5 Å². The molecule has 0 atom stereocenters. The molecule has 3 rings (SSSR count). The Morgan fingerprint density at radius 2 is 2.04 bits per heavy atom. The number of carbonyl (C=O) groups excluding carboxylic acids is 1. The first-order chi connectivity index (χ1) is 12.0. The van der Waals surface area contributed by atoms with Gasteiger partial charge in [-0.25, -0.2) is 14.8 Å². The molecule has 0 aliphatic rings. The van der Waals surface area contributed by atoms with Gasteiger partial charge in [0, 0.05) is 45.8 Å². The Morgan fingerprint density at radius 3 is 2.76 bits per heavy atom. The van der Waals surface area contributed by atoms with Crippen molar-refractivity contribution < 1.29 is 4.79 Å². The summed E-state index contributed by atoms with van der Waals surface area (Å²) in [7, 11) is 2.93. The van der Waals surface area contributed by atoms with Gasteiger partial charge in [-0.2, -0.15) is 0 Å². The summed E-state index contributed by atoms with van der Waals surface area (Å²) in [4.78, 5) is 44.4. The van der Waals surface area contributed by atoms with Gasteiger partial charge in [0.15, 0.2) is 0 Å². The lowest BCUT2D eigenvalue weighted by Crippen LogP contribution is -2.37. The van der Waals surface area contributed by atoms with Crippen LogP contribution in [0.1, 0.15) is 16.8 Å². The van der Waals surface area contributed by atoms with Crippen molar-refractivity contribution in [2.75, 3.05) is 6.54 Å². The molecule has 9 nitrogen and oxygen atoms in total. The number of hydrogen-bond acceptors (Lipinski definition) is 5. The zero-order valence-corrected chi connectivity index (χ0v) is 14.0. The number of aryl methyl sites for hydroxylation is 2. The third kappa shape index (κ3) is 3.21. The molecule has 3 aromatic heterocycles. The minimum absolute atomic E-state index is 0.232. The van der Waals surface area contributed by atoms with Crippen LogP contribution in [0.25, 0.3) is 11.0 Å². The molecule has 0 aromatic carbocycles. The van der Waals surface area contributed by atoms with Gasteiger partial charge >= 0.3 is 5.69 Å². The van der Waals surface area contributed by atoms with Gasteiger partial charge in [-0.3, -0.25) is 18.7 Å². The summed E-state index contributed by atoms with van der Waals surface area (Å²) in [5.41, 5.74) is -0.391. The van der Waals surface area contributed by atoms with Crippen LogP contribution in [0.2, 0.25) is 0 Å². The van der Waals surface area contributed by atoms with Crippen LogP contribution < -0.4 is 16.6 Å². The molecule has 1 N–H and O–H groups in total. The van der Waals surface area contributed by atoms with Gasteiger partial charge in [-0.15, -0.1) is 0 Å². The molecule has 0 saturated heterocycles. The quantitative estimate of drug-likeness (QED) is 0.638. The van der Waals surface area contributed by atoms with Crippen LogP contribution in [0.4, 0.5) is 0 Å². The number of carbonyl (C=O) groups is 1. The lowest BCUT2D eigenvalue weighted by molar-refractivity contribution is 0.0952. The topological polar surface area (TPSA) is 104 Å². The molecule has 0 spiro atoms. The third-order valence-electron chi connectivity index (χ3n) is 3.99. The monoisotopic (exact) mass is 342 g/mol. The molecule has 0 aliphatic carbocycles. The molecule has 0 unspecified atom stereocenters. The standard InChI is InChI=1S/C16H18N6O3/c1-20-13-12(15(24)21(2)16(20)25)8-11(9-19-13)14(23)18-4-3-6-22-7-5-17-10-22/h5,7-10H,3-4,6H2,1-2H3,(H,18,23). The molecule has 130 valence electrons. The number of nitrogens with zero attached hydrogens (tertiary/aromatic N) is 5. The molecular weight excluding hydrogens is 324 g/mol. The van der Waals surface area contributed by atoms with E-state index in [1.165, 1.54) is 30.9 Å². The second-order valence-electron chi connectivity index (χ2n) is 5.71. The highest BCUT2D eigenvalue weighted by atomic mass is 16.2. The summed E-state index contributed by atoms with van der Waals surface area (Å²) in [6.07, 6.45) is 7.39. The Labute approximate surface area is 142 Å². The summed E-state index contributed by atoms with van der Waals surface area (Å²) in [6.45, 7) is 1.24. The lowest BCUT2D eigenvalue weighted by Gasteiger charge is -2.09. The van der Waals surface area contributed by atoms with Crippen molar-refractivity contribution in [1.29, 1.82) is 0 Å². The molecule has 3 aromatic rings. The molecule has 0 bridgehead atoms. The molecule has 0 radical (unpaired) electrons. The number of nitrogens with one attached hydrogen (secondary N) is 1. The van der Waals surface area contributed by atoms with Crippen LogP contribution in [0.5, 0.6) is 0 Å². The molecule has 9 heteroatoms. The van der Waals surface area contributed by atoms with Crippen molar-refractivity contribution in [2.45, 2.75) is 13.0 Å². The van der Waals surface area contributed by atoms with Crippen LogP contribution in [-0.2, 0) is 20.6 Å². The first-order valence-corrected chi connectivity index (χ1v) is 7.78. The number of aromatic nitrogens is 5. The van der Waals surface area contributed by atoms with Crippen molar-refractivity contribution in [3.8, 4) is 0 Å². The van der Waals surface area contributed by atoms with E-state index in [0.29, 0.717) is 6.54 Å². The van der Waals surface area contributed by atoms with Crippen LogP contribution >= 0.6 is 0 Å². The number of rotatable bonds is 5. The molecule has 0 fully saturated rings. The zero-order chi connectivity index (χ0) is 18.0. The maximum atomic E-state index is 12.3. The van der Waals surface area contributed by atoms with E-state index >= 15 is 0 Å². The van der Waals surface area contributed by atoms with Gasteiger partial charge in [0.1, 0.15) is 5.65 Å². The van der Waals surface area contributed by atoms with E-state index in [4.69, 9.17) is 0 Å². The summed E-state index contributed by atoms with van der Waals surface area (Å²) >= 11 is 0. The molecule has 25 heavy (non-hydrogen) atoms. The van der Waals surface area contributed by atoms with Crippen molar-refractivity contribution in [2.24, 2.45) is 14.1 Å². The maximum Gasteiger partial charge on any atom is 0.332 e. The van der Waals surface area contributed by atoms with E-state index in [9.17, 15) is 14.4 Å². The highest BCUT2D eigenvalue weighted by molar-refractivity contribution is 5.96. The Balaban J connectivity index is 1.76. The van der Waals surface area contributed by atoms with Crippen molar-refractivity contribution >= 4 is 16.9 Å². The fraction of sp³-hybridized carbons (Fsp3) is 0.312.